The average Bonchev–Trinajstić information content (AvgIpc) is 2.92. The maximum Gasteiger partial charge on any atom is 0.270 e. The zero-order valence-corrected chi connectivity index (χ0v) is 13.1. The minimum atomic E-state index is -0.542. The van der Waals surface area contributed by atoms with Crippen LogP contribution in [0.5, 0.6) is 5.88 Å². The summed E-state index contributed by atoms with van der Waals surface area (Å²) in [6, 6.07) is 0. The van der Waals surface area contributed by atoms with Crippen LogP contribution in [-0.4, -0.2) is 66.0 Å². The highest BCUT2D eigenvalue weighted by molar-refractivity contribution is 6.99. The number of aliphatic hydroxyl groups is 1. The predicted molar refractivity (Wildman–Crippen MR) is 80.2 cm³/mol. The van der Waals surface area contributed by atoms with E-state index in [1.807, 2.05) is 6.92 Å². The van der Waals surface area contributed by atoms with E-state index in [2.05, 4.69) is 19.0 Å². The molecule has 1 unspecified atom stereocenters. The summed E-state index contributed by atoms with van der Waals surface area (Å²) in [5.41, 5.74) is 0. The quantitative estimate of drug-likeness (QED) is 0.739. The van der Waals surface area contributed by atoms with Gasteiger partial charge in [0.05, 0.1) is 24.9 Å². The molecular formula is C11H21ClN4O3S. The van der Waals surface area contributed by atoms with Gasteiger partial charge in [-0.1, -0.05) is 6.92 Å². The molecule has 2 heterocycles. The SMILES string of the molecule is CCNCC(O)COc1nsnc1N1CCOCC1.Cl. The van der Waals surface area contributed by atoms with Crippen molar-refractivity contribution in [3.63, 3.8) is 0 Å². The third-order valence-electron chi connectivity index (χ3n) is 2.80. The predicted octanol–water partition coefficient (Wildman–Crippen LogP) is 0.146. The lowest BCUT2D eigenvalue weighted by Gasteiger charge is -2.26. The topological polar surface area (TPSA) is 79.7 Å². The highest BCUT2D eigenvalue weighted by Crippen LogP contribution is 2.26. The first kappa shape index (κ1) is 17.4. The first-order valence-electron chi connectivity index (χ1n) is 6.48. The standard InChI is InChI=1S/C11H20N4O3S.ClH/c1-2-12-7-9(16)8-18-11-10(13-19-14-11)15-3-5-17-6-4-15;/h9,12,16H,2-8H2,1H3;1H. The van der Waals surface area contributed by atoms with Gasteiger partial charge in [-0.2, -0.15) is 4.37 Å². The van der Waals surface area contributed by atoms with Crippen LogP contribution in [0.25, 0.3) is 0 Å². The molecule has 1 fully saturated rings. The van der Waals surface area contributed by atoms with E-state index in [-0.39, 0.29) is 19.0 Å². The fraction of sp³-hybridized carbons (Fsp3) is 0.818. The van der Waals surface area contributed by atoms with Gasteiger partial charge in [-0.15, -0.1) is 16.8 Å². The van der Waals surface area contributed by atoms with Gasteiger partial charge in [0, 0.05) is 19.6 Å². The lowest BCUT2D eigenvalue weighted by atomic mass is 10.4. The van der Waals surface area contributed by atoms with Crippen molar-refractivity contribution in [2.45, 2.75) is 13.0 Å². The Morgan fingerprint density at radius 2 is 2.20 bits per heavy atom. The molecule has 1 aromatic heterocycles. The number of morpholine rings is 1. The number of halogens is 1. The van der Waals surface area contributed by atoms with Crippen molar-refractivity contribution < 1.29 is 14.6 Å². The van der Waals surface area contributed by atoms with Gasteiger partial charge in [0.1, 0.15) is 12.7 Å². The second kappa shape index (κ2) is 9.30. The maximum absolute atomic E-state index is 9.71. The summed E-state index contributed by atoms with van der Waals surface area (Å²) in [4.78, 5) is 2.10. The van der Waals surface area contributed by atoms with E-state index in [0.717, 1.165) is 37.2 Å². The summed E-state index contributed by atoms with van der Waals surface area (Å²) in [6.07, 6.45) is -0.542. The van der Waals surface area contributed by atoms with Crippen LogP contribution < -0.4 is 15.0 Å². The number of hydrogen-bond acceptors (Lipinski definition) is 8. The van der Waals surface area contributed by atoms with Crippen molar-refractivity contribution in [3.05, 3.63) is 0 Å². The highest BCUT2D eigenvalue weighted by atomic mass is 35.5. The number of anilines is 1. The summed E-state index contributed by atoms with van der Waals surface area (Å²) in [5, 5.41) is 12.8. The van der Waals surface area contributed by atoms with E-state index >= 15 is 0 Å². The lowest BCUT2D eigenvalue weighted by molar-refractivity contribution is 0.104. The smallest absolute Gasteiger partial charge is 0.270 e. The average molecular weight is 325 g/mol. The molecule has 0 bridgehead atoms. The minimum absolute atomic E-state index is 0. The summed E-state index contributed by atoms with van der Waals surface area (Å²) in [5.74, 6) is 1.26. The summed E-state index contributed by atoms with van der Waals surface area (Å²) < 4.78 is 19.3. The minimum Gasteiger partial charge on any atom is -0.472 e. The van der Waals surface area contributed by atoms with Gasteiger partial charge >= 0.3 is 0 Å². The van der Waals surface area contributed by atoms with Crippen LogP contribution in [0.4, 0.5) is 5.82 Å². The molecule has 0 radical (unpaired) electrons. The largest absolute Gasteiger partial charge is 0.472 e. The molecule has 1 aliphatic heterocycles. The molecule has 116 valence electrons. The van der Waals surface area contributed by atoms with Gasteiger partial charge in [-0.25, -0.2) is 0 Å². The Kier molecular flexibility index (Phi) is 8.08. The Hall–Kier alpha value is -0.670. The number of ether oxygens (including phenoxy) is 2. The molecular weight excluding hydrogens is 304 g/mol. The number of likely N-dealkylation sites (N-methyl/N-ethyl adjacent to an activating group) is 1. The van der Waals surface area contributed by atoms with E-state index < -0.39 is 6.10 Å². The molecule has 20 heavy (non-hydrogen) atoms. The molecule has 2 rings (SSSR count). The number of nitrogens with one attached hydrogen (secondary N) is 1. The Morgan fingerprint density at radius 1 is 1.45 bits per heavy atom. The van der Waals surface area contributed by atoms with Crippen molar-refractivity contribution in [1.29, 1.82) is 0 Å². The normalized spacial score (nSPS) is 16.6. The van der Waals surface area contributed by atoms with Crippen LogP contribution in [0, 0.1) is 0 Å². The van der Waals surface area contributed by atoms with Gasteiger partial charge in [0.2, 0.25) is 5.82 Å². The summed E-state index contributed by atoms with van der Waals surface area (Å²) in [6.45, 7) is 6.53. The fourth-order valence-corrected chi connectivity index (χ4v) is 2.30. The van der Waals surface area contributed by atoms with Gasteiger partial charge in [0.25, 0.3) is 5.88 Å². The van der Waals surface area contributed by atoms with Gasteiger partial charge in [-0.05, 0) is 6.54 Å². The van der Waals surface area contributed by atoms with E-state index in [9.17, 15) is 5.11 Å². The van der Waals surface area contributed by atoms with Crippen LogP contribution >= 0.6 is 24.1 Å². The van der Waals surface area contributed by atoms with E-state index in [0.29, 0.717) is 25.6 Å². The van der Waals surface area contributed by atoms with Crippen molar-refractivity contribution in [2.75, 3.05) is 50.9 Å². The molecule has 0 aliphatic carbocycles. The molecule has 2 N–H and O–H groups in total. The Bertz CT molecular complexity index is 376. The summed E-state index contributed by atoms with van der Waals surface area (Å²) in [7, 11) is 0. The van der Waals surface area contributed by atoms with Gasteiger partial charge < -0.3 is 24.8 Å². The monoisotopic (exact) mass is 324 g/mol. The molecule has 7 nitrogen and oxygen atoms in total. The Morgan fingerprint density at radius 3 is 2.90 bits per heavy atom. The van der Waals surface area contributed by atoms with Gasteiger partial charge in [0.15, 0.2) is 0 Å². The second-order valence-corrected chi connectivity index (χ2v) is 4.79. The molecule has 0 amide bonds. The van der Waals surface area contributed by atoms with E-state index in [1.54, 1.807) is 0 Å². The van der Waals surface area contributed by atoms with Crippen molar-refractivity contribution in [2.24, 2.45) is 0 Å². The molecule has 0 aromatic carbocycles. The third kappa shape index (κ3) is 5.02. The van der Waals surface area contributed by atoms with Crippen molar-refractivity contribution in [1.82, 2.24) is 14.1 Å². The lowest BCUT2D eigenvalue weighted by Crippen LogP contribution is -2.37. The number of rotatable bonds is 7. The molecule has 1 saturated heterocycles. The maximum atomic E-state index is 9.71. The number of aliphatic hydroxyl groups excluding tert-OH is 1. The summed E-state index contributed by atoms with van der Waals surface area (Å²) >= 11 is 1.12. The van der Waals surface area contributed by atoms with Crippen LogP contribution in [0.3, 0.4) is 0 Å². The fourth-order valence-electron chi connectivity index (χ4n) is 1.78. The van der Waals surface area contributed by atoms with E-state index in [1.165, 1.54) is 0 Å². The number of hydrogen-bond donors (Lipinski definition) is 2. The van der Waals surface area contributed by atoms with Crippen LogP contribution in [0.1, 0.15) is 6.92 Å². The molecule has 1 aliphatic rings. The van der Waals surface area contributed by atoms with Crippen LogP contribution in [0.2, 0.25) is 0 Å². The van der Waals surface area contributed by atoms with Crippen LogP contribution in [0.15, 0.2) is 0 Å². The number of nitrogens with zero attached hydrogens (tertiary/aromatic N) is 3. The zero-order valence-electron chi connectivity index (χ0n) is 11.4. The van der Waals surface area contributed by atoms with Gasteiger partial charge in [-0.3, -0.25) is 0 Å². The Labute approximate surface area is 129 Å². The Balaban J connectivity index is 0.00000200. The van der Waals surface area contributed by atoms with E-state index in [4.69, 9.17) is 9.47 Å². The molecule has 1 atom stereocenters. The number of aromatic nitrogens is 2. The molecule has 1 aromatic rings. The first-order chi connectivity index (χ1) is 9.31. The second-order valence-electron chi connectivity index (χ2n) is 4.26. The highest BCUT2D eigenvalue weighted by Gasteiger charge is 2.20. The first-order valence-corrected chi connectivity index (χ1v) is 7.21. The molecule has 9 heteroatoms. The van der Waals surface area contributed by atoms with Crippen LogP contribution in [-0.2, 0) is 4.74 Å². The molecule has 0 spiro atoms. The van der Waals surface area contributed by atoms with Crippen molar-refractivity contribution >= 4 is 30.0 Å². The molecule has 0 saturated carbocycles. The zero-order chi connectivity index (χ0) is 13.5. The van der Waals surface area contributed by atoms with Crippen molar-refractivity contribution in [3.8, 4) is 5.88 Å². The third-order valence-corrected chi connectivity index (χ3v) is 3.30.